The summed E-state index contributed by atoms with van der Waals surface area (Å²) in [4.78, 5) is 28.5. The Morgan fingerprint density at radius 2 is 1.58 bits per heavy atom. The Bertz CT molecular complexity index is 637. The van der Waals surface area contributed by atoms with E-state index in [-0.39, 0.29) is 29.8 Å². The molecule has 0 bridgehead atoms. The van der Waals surface area contributed by atoms with E-state index in [2.05, 4.69) is 0 Å². The molecule has 146 valence electrons. The summed E-state index contributed by atoms with van der Waals surface area (Å²) >= 11 is 0. The summed E-state index contributed by atoms with van der Waals surface area (Å²) in [5.74, 6) is -2.36. The lowest BCUT2D eigenvalue weighted by Gasteiger charge is -2.40. The number of benzene rings is 1. The Labute approximate surface area is 158 Å². The lowest BCUT2D eigenvalue weighted by atomic mass is 9.81. The number of nitrogens with two attached hydrogens (primary N) is 1. The standard InChI is InChI=1S/C18H25F2N3O2.ClH/c1-3-18(4-2,12-21)17(25)23-9-7-22(8-10-23)16(24)13-5-6-14(19)15(20)11-13;/h5-6,11H,3-4,7-10,12,21H2,1-2H3;1H. The number of halogens is 3. The van der Waals surface area contributed by atoms with Gasteiger partial charge in [-0.2, -0.15) is 0 Å². The van der Waals surface area contributed by atoms with Gasteiger partial charge in [0.2, 0.25) is 5.91 Å². The third-order valence-corrected chi connectivity index (χ3v) is 5.22. The highest BCUT2D eigenvalue weighted by atomic mass is 35.5. The summed E-state index contributed by atoms with van der Waals surface area (Å²) in [7, 11) is 0. The molecule has 1 aromatic carbocycles. The van der Waals surface area contributed by atoms with E-state index in [1.165, 1.54) is 6.07 Å². The Kier molecular flexibility index (Phi) is 7.96. The molecule has 2 amide bonds. The second-order valence-corrected chi connectivity index (χ2v) is 6.40. The van der Waals surface area contributed by atoms with Crippen molar-refractivity contribution in [1.29, 1.82) is 0 Å². The topological polar surface area (TPSA) is 66.6 Å². The molecule has 26 heavy (non-hydrogen) atoms. The van der Waals surface area contributed by atoms with Gasteiger partial charge in [-0.1, -0.05) is 13.8 Å². The van der Waals surface area contributed by atoms with E-state index >= 15 is 0 Å². The fraction of sp³-hybridized carbons (Fsp3) is 0.556. The van der Waals surface area contributed by atoms with Crippen molar-refractivity contribution in [3.05, 3.63) is 35.4 Å². The number of carbonyl (C=O) groups excluding carboxylic acids is 2. The predicted molar refractivity (Wildman–Crippen MR) is 98.2 cm³/mol. The molecule has 0 radical (unpaired) electrons. The average molecular weight is 390 g/mol. The maximum absolute atomic E-state index is 13.3. The van der Waals surface area contributed by atoms with Crippen LogP contribution in [0.15, 0.2) is 18.2 Å². The van der Waals surface area contributed by atoms with E-state index in [4.69, 9.17) is 5.73 Å². The highest BCUT2D eigenvalue weighted by molar-refractivity contribution is 5.94. The lowest BCUT2D eigenvalue weighted by molar-refractivity contribution is -0.143. The molecule has 1 fully saturated rings. The van der Waals surface area contributed by atoms with Gasteiger partial charge in [0.25, 0.3) is 5.91 Å². The summed E-state index contributed by atoms with van der Waals surface area (Å²) in [6.07, 6.45) is 1.35. The molecule has 0 atom stereocenters. The van der Waals surface area contributed by atoms with Gasteiger partial charge < -0.3 is 15.5 Å². The highest BCUT2D eigenvalue weighted by Crippen LogP contribution is 2.28. The summed E-state index contributed by atoms with van der Waals surface area (Å²) in [6.45, 7) is 5.75. The molecular formula is C18H26ClF2N3O2. The van der Waals surface area contributed by atoms with Crippen molar-refractivity contribution in [3.8, 4) is 0 Å². The first-order valence-corrected chi connectivity index (χ1v) is 8.62. The first kappa shape index (κ1) is 22.3. The SMILES string of the molecule is CCC(CC)(CN)C(=O)N1CCN(C(=O)c2ccc(F)c(F)c2)CC1.Cl. The fourth-order valence-corrected chi connectivity index (χ4v) is 3.19. The number of rotatable bonds is 5. The molecule has 1 aliphatic rings. The van der Waals surface area contributed by atoms with Gasteiger partial charge in [0.05, 0.1) is 5.41 Å². The summed E-state index contributed by atoms with van der Waals surface area (Å²) in [5, 5.41) is 0. The lowest BCUT2D eigenvalue weighted by Crippen LogP contribution is -2.55. The molecule has 1 aromatic rings. The van der Waals surface area contributed by atoms with Crippen LogP contribution in [-0.2, 0) is 4.79 Å². The molecule has 0 spiro atoms. The van der Waals surface area contributed by atoms with E-state index in [9.17, 15) is 18.4 Å². The second-order valence-electron chi connectivity index (χ2n) is 6.40. The van der Waals surface area contributed by atoms with Gasteiger partial charge in [-0.25, -0.2) is 8.78 Å². The molecule has 0 unspecified atom stereocenters. The van der Waals surface area contributed by atoms with E-state index in [0.29, 0.717) is 45.6 Å². The molecule has 5 nitrogen and oxygen atoms in total. The molecule has 0 aliphatic carbocycles. The Balaban J connectivity index is 0.00000338. The van der Waals surface area contributed by atoms with Gasteiger partial charge in [-0.3, -0.25) is 9.59 Å². The predicted octanol–water partition coefficient (Wildman–Crippen LogP) is 2.44. The third-order valence-electron chi connectivity index (χ3n) is 5.22. The molecule has 0 saturated carbocycles. The van der Waals surface area contributed by atoms with Gasteiger partial charge in [-0.05, 0) is 31.0 Å². The van der Waals surface area contributed by atoms with Crippen LogP contribution in [-0.4, -0.2) is 54.3 Å². The van der Waals surface area contributed by atoms with Gasteiger partial charge in [0, 0.05) is 38.3 Å². The number of carbonyl (C=O) groups is 2. The van der Waals surface area contributed by atoms with Crippen LogP contribution < -0.4 is 5.73 Å². The van der Waals surface area contributed by atoms with Crippen molar-refractivity contribution in [3.63, 3.8) is 0 Å². The van der Waals surface area contributed by atoms with Crippen LogP contribution in [0.4, 0.5) is 8.78 Å². The summed E-state index contributed by atoms with van der Waals surface area (Å²) < 4.78 is 26.3. The van der Waals surface area contributed by atoms with E-state index in [1.807, 2.05) is 13.8 Å². The van der Waals surface area contributed by atoms with Crippen molar-refractivity contribution in [2.24, 2.45) is 11.1 Å². The number of piperazine rings is 1. The Morgan fingerprint density at radius 3 is 2.04 bits per heavy atom. The maximum Gasteiger partial charge on any atom is 0.254 e. The van der Waals surface area contributed by atoms with Crippen LogP contribution >= 0.6 is 12.4 Å². The zero-order chi connectivity index (χ0) is 18.6. The maximum atomic E-state index is 13.3. The number of nitrogens with zero attached hydrogens (tertiary/aromatic N) is 2. The third kappa shape index (κ3) is 4.32. The quantitative estimate of drug-likeness (QED) is 0.841. The number of amides is 2. The van der Waals surface area contributed by atoms with E-state index < -0.39 is 17.0 Å². The smallest absolute Gasteiger partial charge is 0.254 e. The zero-order valence-electron chi connectivity index (χ0n) is 15.1. The van der Waals surface area contributed by atoms with Crippen LogP contribution in [0.1, 0.15) is 37.0 Å². The number of hydrogen-bond acceptors (Lipinski definition) is 3. The molecule has 0 aromatic heterocycles. The minimum absolute atomic E-state index is 0. The van der Waals surface area contributed by atoms with E-state index in [0.717, 1.165) is 12.1 Å². The largest absolute Gasteiger partial charge is 0.339 e. The Hall–Kier alpha value is -1.73. The molecule has 1 aliphatic heterocycles. The Morgan fingerprint density at radius 1 is 1.04 bits per heavy atom. The van der Waals surface area contributed by atoms with Crippen molar-refractivity contribution < 1.29 is 18.4 Å². The van der Waals surface area contributed by atoms with Gasteiger partial charge in [0.1, 0.15) is 0 Å². The normalized spacial score (nSPS) is 14.8. The van der Waals surface area contributed by atoms with Crippen molar-refractivity contribution >= 4 is 24.2 Å². The average Bonchev–Trinajstić information content (AvgIpc) is 2.65. The minimum Gasteiger partial charge on any atom is -0.339 e. The van der Waals surface area contributed by atoms with Gasteiger partial charge in [0.15, 0.2) is 11.6 Å². The summed E-state index contributed by atoms with van der Waals surface area (Å²) in [6, 6.07) is 3.12. The molecule has 2 N–H and O–H groups in total. The zero-order valence-corrected chi connectivity index (χ0v) is 16.0. The highest BCUT2D eigenvalue weighted by Gasteiger charge is 2.38. The van der Waals surface area contributed by atoms with Crippen LogP contribution in [0.5, 0.6) is 0 Å². The van der Waals surface area contributed by atoms with Gasteiger partial charge >= 0.3 is 0 Å². The van der Waals surface area contributed by atoms with Crippen LogP contribution in [0.3, 0.4) is 0 Å². The van der Waals surface area contributed by atoms with Crippen molar-refractivity contribution in [1.82, 2.24) is 9.80 Å². The summed E-state index contributed by atoms with van der Waals surface area (Å²) in [5.41, 5.74) is 5.40. The molecule has 8 heteroatoms. The van der Waals surface area contributed by atoms with Crippen molar-refractivity contribution in [2.75, 3.05) is 32.7 Å². The van der Waals surface area contributed by atoms with Crippen molar-refractivity contribution in [2.45, 2.75) is 26.7 Å². The van der Waals surface area contributed by atoms with Crippen LogP contribution in [0.2, 0.25) is 0 Å². The first-order valence-electron chi connectivity index (χ1n) is 8.62. The van der Waals surface area contributed by atoms with Crippen LogP contribution in [0, 0.1) is 17.0 Å². The molecule has 2 rings (SSSR count). The fourth-order valence-electron chi connectivity index (χ4n) is 3.19. The molecule has 1 heterocycles. The molecular weight excluding hydrogens is 364 g/mol. The first-order chi connectivity index (χ1) is 11.9. The van der Waals surface area contributed by atoms with Gasteiger partial charge in [-0.15, -0.1) is 12.4 Å². The van der Waals surface area contributed by atoms with E-state index in [1.54, 1.807) is 9.80 Å². The number of hydrogen-bond donors (Lipinski definition) is 1. The minimum atomic E-state index is -1.04. The van der Waals surface area contributed by atoms with Crippen LogP contribution in [0.25, 0.3) is 0 Å². The second kappa shape index (κ2) is 9.28. The monoisotopic (exact) mass is 389 g/mol. The molecule has 1 saturated heterocycles.